The molecule has 2 aliphatic rings. The van der Waals surface area contributed by atoms with Crippen molar-refractivity contribution in [2.24, 2.45) is 0 Å². The normalized spacial score (nSPS) is 22.6. The van der Waals surface area contributed by atoms with Crippen LogP contribution in [0, 0.1) is 0 Å². The molecule has 0 aromatic rings. The van der Waals surface area contributed by atoms with Crippen LogP contribution in [0.2, 0.25) is 0 Å². The maximum absolute atomic E-state index is 2.58. The molecule has 0 radical (unpaired) electrons. The molecule has 2 heterocycles. The SMILES string of the molecule is CC(C)(C)N1CCCCC1.CCCN1CCN(C(C)(C)C)CC1. The van der Waals surface area contributed by atoms with Gasteiger partial charge in [-0.1, -0.05) is 13.3 Å². The van der Waals surface area contributed by atoms with Gasteiger partial charge in [0.05, 0.1) is 0 Å². The number of hydrogen-bond donors (Lipinski definition) is 0. The molecule has 0 aliphatic carbocycles. The van der Waals surface area contributed by atoms with E-state index in [-0.39, 0.29) is 0 Å². The highest BCUT2D eigenvalue weighted by Gasteiger charge is 2.25. The molecule has 0 N–H and O–H groups in total. The van der Waals surface area contributed by atoms with Crippen LogP contribution in [0.3, 0.4) is 0 Å². The van der Waals surface area contributed by atoms with Crippen molar-refractivity contribution in [3.05, 3.63) is 0 Å². The quantitative estimate of drug-likeness (QED) is 0.757. The van der Waals surface area contributed by atoms with E-state index in [0.29, 0.717) is 11.1 Å². The largest absolute Gasteiger partial charge is 0.301 e. The molecule has 0 aromatic carbocycles. The molecule has 0 aromatic heterocycles. The van der Waals surface area contributed by atoms with Crippen LogP contribution in [0.5, 0.6) is 0 Å². The molecule has 0 unspecified atom stereocenters. The lowest BCUT2D eigenvalue weighted by Crippen LogP contribution is -2.53. The highest BCUT2D eigenvalue weighted by atomic mass is 15.3. The van der Waals surface area contributed by atoms with Crippen molar-refractivity contribution in [3.63, 3.8) is 0 Å². The first-order chi connectivity index (χ1) is 10.6. The number of likely N-dealkylation sites (tertiary alicyclic amines) is 1. The summed E-state index contributed by atoms with van der Waals surface area (Å²) < 4.78 is 0. The Hall–Kier alpha value is -0.120. The summed E-state index contributed by atoms with van der Waals surface area (Å²) in [5.74, 6) is 0. The van der Waals surface area contributed by atoms with Crippen molar-refractivity contribution < 1.29 is 0 Å². The second-order valence-corrected chi connectivity index (χ2v) is 9.22. The molecule has 138 valence electrons. The van der Waals surface area contributed by atoms with E-state index in [1.165, 1.54) is 71.5 Å². The van der Waals surface area contributed by atoms with Crippen LogP contribution in [0.15, 0.2) is 0 Å². The maximum atomic E-state index is 2.58. The number of hydrogen-bond acceptors (Lipinski definition) is 3. The van der Waals surface area contributed by atoms with Gasteiger partial charge < -0.3 is 4.90 Å². The van der Waals surface area contributed by atoms with Crippen LogP contribution < -0.4 is 0 Å². The van der Waals surface area contributed by atoms with Crippen LogP contribution >= 0.6 is 0 Å². The number of piperazine rings is 1. The zero-order valence-electron chi connectivity index (χ0n) is 17.1. The highest BCUT2D eigenvalue weighted by molar-refractivity contribution is 4.81. The first kappa shape index (κ1) is 20.9. The summed E-state index contributed by atoms with van der Waals surface area (Å²) in [6, 6.07) is 0. The highest BCUT2D eigenvalue weighted by Crippen LogP contribution is 2.19. The van der Waals surface area contributed by atoms with E-state index >= 15 is 0 Å². The third-order valence-electron chi connectivity index (χ3n) is 5.17. The zero-order valence-corrected chi connectivity index (χ0v) is 17.1. The fourth-order valence-electron chi connectivity index (χ4n) is 3.52. The molecular weight excluding hydrogens is 282 g/mol. The van der Waals surface area contributed by atoms with Crippen molar-refractivity contribution in [1.29, 1.82) is 0 Å². The Morgan fingerprint density at radius 2 is 1.04 bits per heavy atom. The summed E-state index contributed by atoms with van der Waals surface area (Å²) in [6.07, 6.45) is 5.52. The van der Waals surface area contributed by atoms with E-state index in [1.807, 2.05) is 0 Å². The zero-order chi connectivity index (χ0) is 17.5. The van der Waals surface area contributed by atoms with Gasteiger partial charge in [-0.2, -0.15) is 0 Å². The Morgan fingerprint density at radius 3 is 1.39 bits per heavy atom. The van der Waals surface area contributed by atoms with Crippen LogP contribution in [-0.4, -0.2) is 71.6 Å². The Balaban J connectivity index is 0.000000238. The lowest BCUT2D eigenvalue weighted by Gasteiger charge is -2.42. The second kappa shape index (κ2) is 9.39. The van der Waals surface area contributed by atoms with Gasteiger partial charge in [-0.05, 0) is 80.4 Å². The van der Waals surface area contributed by atoms with E-state index < -0.39 is 0 Å². The predicted molar refractivity (Wildman–Crippen MR) is 103 cm³/mol. The number of piperidine rings is 1. The van der Waals surface area contributed by atoms with Gasteiger partial charge >= 0.3 is 0 Å². The molecular formula is C20H43N3. The van der Waals surface area contributed by atoms with Crippen molar-refractivity contribution in [2.45, 2.75) is 85.2 Å². The van der Waals surface area contributed by atoms with Crippen molar-refractivity contribution >= 4 is 0 Å². The molecule has 0 atom stereocenters. The molecule has 2 aliphatic heterocycles. The van der Waals surface area contributed by atoms with Gasteiger partial charge in [0.25, 0.3) is 0 Å². The Morgan fingerprint density at radius 1 is 0.609 bits per heavy atom. The molecule has 2 fully saturated rings. The second-order valence-electron chi connectivity index (χ2n) is 9.22. The van der Waals surface area contributed by atoms with Crippen molar-refractivity contribution in [2.75, 3.05) is 45.8 Å². The Kier molecular flexibility index (Phi) is 8.54. The van der Waals surface area contributed by atoms with Crippen LogP contribution in [-0.2, 0) is 0 Å². The first-order valence-electron chi connectivity index (χ1n) is 9.87. The molecule has 2 rings (SSSR count). The third kappa shape index (κ3) is 8.00. The van der Waals surface area contributed by atoms with Crippen LogP contribution in [0.25, 0.3) is 0 Å². The average molecular weight is 326 g/mol. The lowest BCUT2D eigenvalue weighted by molar-refractivity contribution is 0.0624. The fraction of sp³-hybridized carbons (Fsp3) is 1.00. The van der Waals surface area contributed by atoms with E-state index in [4.69, 9.17) is 0 Å². The average Bonchev–Trinajstić information content (AvgIpc) is 2.48. The van der Waals surface area contributed by atoms with E-state index in [2.05, 4.69) is 63.2 Å². The van der Waals surface area contributed by atoms with Gasteiger partial charge in [0, 0.05) is 37.3 Å². The summed E-state index contributed by atoms with van der Waals surface area (Å²) in [7, 11) is 0. The van der Waals surface area contributed by atoms with Crippen molar-refractivity contribution in [1.82, 2.24) is 14.7 Å². The minimum absolute atomic E-state index is 0.359. The summed E-state index contributed by atoms with van der Waals surface area (Å²) in [5.41, 5.74) is 0.763. The lowest BCUT2D eigenvalue weighted by atomic mass is 10.0. The minimum atomic E-state index is 0.359. The van der Waals surface area contributed by atoms with Gasteiger partial charge in [0.1, 0.15) is 0 Å². The maximum Gasteiger partial charge on any atom is 0.0126 e. The standard InChI is InChI=1S/C11H24N2.C9H19N/c1-5-6-12-7-9-13(10-8-12)11(2,3)4;1-9(2,3)10-7-5-4-6-8-10/h5-10H2,1-4H3;4-8H2,1-3H3. The molecule has 3 nitrogen and oxygen atoms in total. The molecule has 0 saturated carbocycles. The fourth-order valence-corrected chi connectivity index (χ4v) is 3.52. The monoisotopic (exact) mass is 325 g/mol. The van der Waals surface area contributed by atoms with Gasteiger partial charge in [0.2, 0.25) is 0 Å². The van der Waals surface area contributed by atoms with Gasteiger partial charge in [-0.25, -0.2) is 0 Å². The number of rotatable bonds is 2. The smallest absolute Gasteiger partial charge is 0.0126 e. The topological polar surface area (TPSA) is 9.72 Å². The Bertz CT molecular complexity index is 300. The summed E-state index contributed by atoms with van der Waals surface area (Å²) >= 11 is 0. The van der Waals surface area contributed by atoms with E-state index in [9.17, 15) is 0 Å². The van der Waals surface area contributed by atoms with Gasteiger partial charge in [-0.3, -0.25) is 9.80 Å². The van der Waals surface area contributed by atoms with Crippen molar-refractivity contribution in [3.8, 4) is 0 Å². The Labute approximate surface area is 146 Å². The molecule has 23 heavy (non-hydrogen) atoms. The molecule has 0 bridgehead atoms. The molecule has 0 amide bonds. The third-order valence-corrected chi connectivity index (χ3v) is 5.17. The molecule has 0 spiro atoms. The molecule has 2 saturated heterocycles. The van der Waals surface area contributed by atoms with Gasteiger partial charge in [-0.15, -0.1) is 0 Å². The number of nitrogens with zero attached hydrogens (tertiary/aromatic N) is 3. The first-order valence-corrected chi connectivity index (χ1v) is 9.87. The van der Waals surface area contributed by atoms with Gasteiger partial charge in [0.15, 0.2) is 0 Å². The van der Waals surface area contributed by atoms with E-state index in [1.54, 1.807) is 0 Å². The minimum Gasteiger partial charge on any atom is -0.301 e. The predicted octanol–water partition coefficient (Wildman–Crippen LogP) is 4.08. The summed E-state index contributed by atoms with van der Waals surface area (Å²) in [5, 5.41) is 0. The van der Waals surface area contributed by atoms with Crippen LogP contribution in [0.1, 0.15) is 74.1 Å². The molecule has 3 heteroatoms. The van der Waals surface area contributed by atoms with E-state index in [0.717, 1.165) is 0 Å². The van der Waals surface area contributed by atoms with Crippen LogP contribution in [0.4, 0.5) is 0 Å². The summed E-state index contributed by atoms with van der Waals surface area (Å²) in [6.45, 7) is 25.0. The summed E-state index contributed by atoms with van der Waals surface area (Å²) in [4.78, 5) is 7.73.